The Morgan fingerprint density at radius 2 is 1.12 bits per heavy atom. The first kappa shape index (κ1) is 20.0. The fraction of sp³-hybridized carbons (Fsp3) is 0.400. The maximum atomic E-state index is 4.50. The van der Waals surface area contributed by atoms with Gasteiger partial charge in [-0.2, -0.15) is 0 Å². The molecular formula is C20H29N3S2. The highest BCUT2D eigenvalue weighted by molar-refractivity contribution is 7.80. The summed E-state index contributed by atoms with van der Waals surface area (Å²) >= 11 is 9.00. The molecule has 0 aromatic heterocycles. The summed E-state index contributed by atoms with van der Waals surface area (Å²) in [5.41, 5.74) is 4.69. The number of benzene rings is 2. The molecule has 0 aliphatic heterocycles. The molecule has 3 N–H and O–H groups in total. The summed E-state index contributed by atoms with van der Waals surface area (Å²) in [5.74, 6) is 0. The lowest BCUT2D eigenvalue weighted by molar-refractivity contribution is 0.642. The molecule has 0 heterocycles. The minimum Gasteiger partial charge on any atom is -0.384 e. The van der Waals surface area contributed by atoms with Gasteiger partial charge in [-0.05, 0) is 75.2 Å². The predicted octanol–water partition coefficient (Wildman–Crippen LogP) is 4.77. The van der Waals surface area contributed by atoms with Crippen molar-refractivity contribution < 1.29 is 0 Å². The summed E-state index contributed by atoms with van der Waals surface area (Å²) in [6.07, 6.45) is 2.18. The monoisotopic (exact) mass is 375 g/mol. The standard InChI is InChI=1S/C20H29N3S2/c1-15-5-7-17(19(24)13-15)22-11-3-9-21-10-4-12-23-18-8-6-16(2)14-20(18)25/h5-8,13-14,21-25H,3-4,9-12H2,1-2H3. The fourth-order valence-corrected chi connectivity index (χ4v) is 3.29. The van der Waals surface area contributed by atoms with Crippen LogP contribution in [0.4, 0.5) is 11.4 Å². The summed E-state index contributed by atoms with van der Waals surface area (Å²) in [7, 11) is 0. The van der Waals surface area contributed by atoms with Gasteiger partial charge in [0.25, 0.3) is 0 Å². The minimum atomic E-state index is 0.953. The summed E-state index contributed by atoms with van der Waals surface area (Å²) < 4.78 is 0. The Hall–Kier alpha value is -1.30. The molecule has 2 aromatic carbocycles. The second-order valence-corrected chi connectivity index (χ2v) is 7.32. The molecule has 0 aliphatic rings. The quantitative estimate of drug-likeness (QED) is 0.306. The summed E-state index contributed by atoms with van der Waals surface area (Å²) in [6.45, 7) is 8.10. The third-order valence-electron chi connectivity index (χ3n) is 4.00. The molecule has 0 unspecified atom stereocenters. The van der Waals surface area contributed by atoms with E-state index in [0.29, 0.717) is 0 Å². The highest BCUT2D eigenvalue weighted by Gasteiger charge is 1.99. The SMILES string of the molecule is Cc1ccc(NCCCNCCCNc2ccc(C)cc2S)c(S)c1. The maximum absolute atomic E-state index is 4.50. The number of anilines is 2. The molecule has 136 valence electrons. The van der Waals surface area contributed by atoms with Gasteiger partial charge in [0.1, 0.15) is 0 Å². The highest BCUT2D eigenvalue weighted by Crippen LogP contribution is 2.21. The summed E-state index contributed by atoms with van der Waals surface area (Å²) in [6, 6.07) is 12.6. The van der Waals surface area contributed by atoms with Crippen LogP contribution in [0.3, 0.4) is 0 Å². The van der Waals surface area contributed by atoms with Crippen molar-refractivity contribution in [3.8, 4) is 0 Å². The number of thiol groups is 2. The van der Waals surface area contributed by atoms with E-state index in [2.05, 4.69) is 91.5 Å². The van der Waals surface area contributed by atoms with E-state index < -0.39 is 0 Å². The second-order valence-electron chi connectivity index (χ2n) is 6.35. The van der Waals surface area contributed by atoms with Gasteiger partial charge in [0, 0.05) is 34.3 Å². The van der Waals surface area contributed by atoms with Crippen LogP contribution in [0.25, 0.3) is 0 Å². The van der Waals surface area contributed by atoms with Crippen LogP contribution in [0, 0.1) is 13.8 Å². The molecule has 3 nitrogen and oxygen atoms in total. The molecule has 2 rings (SSSR count). The van der Waals surface area contributed by atoms with Crippen molar-refractivity contribution in [3.63, 3.8) is 0 Å². The van der Waals surface area contributed by atoms with Gasteiger partial charge >= 0.3 is 0 Å². The summed E-state index contributed by atoms with van der Waals surface area (Å²) in [4.78, 5) is 2.03. The van der Waals surface area contributed by atoms with Crippen molar-refractivity contribution in [1.82, 2.24) is 5.32 Å². The summed E-state index contributed by atoms with van der Waals surface area (Å²) in [5, 5.41) is 10.4. The van der Waals surface area contributed by atoms with E-state index in [-0.39, 0.29) is 0 Å². The van der Waals surface area contributed by atoms with Gasteiger partial charge in [-0.25, -0.2) is 0 Å². The third-order valence-corrected chi connectivity index (χ3v) is 4.74. The van der Waals surface area contributed by atoms with E-state index in [1.165, 1.54) is 11.1 Å². The second kappa shape index (κ2) is 10.6. The molecule has 0 fully saturated rings. The minimum absolute atomic E-state index is 0.953. The first-order valence-electron chi connectivity index (χ1n) is 8.84. The van der Waals surface area contributed by atoms with E-state index in [0.717, 1.165) is 60.2 Å². The average Bonchev–Trinajstić information content (AvgIpc) is 2.56. The van der Waals surface area contributed by atoms with E-state index in [1.807, 2.05) is 0 Å². The Morgan fingerprint density at radius 3 is 1.52 bits per heavy atom. The Labute approximate surface area is 162 Å². The van der Waals surface area contributed by atoms with Crippen LogP contribution in [0.15, 0.2) is 46.2 Å². The zero-order valence-electron chi connectivity index (χ0n) is 15.1. The van der Waals surface area contributed by atoms with Gasteiger partial charge in [-0.15, -0.1) is 25.3 Å². The number of hydrogen-bond acceptors (Lipinski definition) is 5. The molecule has 2 aromatic rings. The molecule has 0 radical (unpaired) electrons. The van der Waals surface area contributed by atoms with Crippen LogP contribution >= 0.6 is 25.3 Å². The van der Waals surface area contributed by atoms with E-state index >= 15 is 0 Å². The molecule has 0 aliphatic carbocycles. The van der Waals surface area contributed by atoms with Crippen LogP contribution in [0.1, 0.15) is 24.0 Å². The first-order valence-corrected chi connectivity index (χ1v) is 9.73. The van der Waals surface area contributed by atoms with E-state index in [9.17, 15) is 0 Å². The Morgan fingerprint density at radius 1 is 0.680 bits per heavy atom. The van der Waals surface area contributed by atoms with Crippen molar-refractivity contribution in [2.45, 2.75) is 36.5 Å². The van der Waals surface area contributed by atoms with Crippen LogP contribution in [0.2, 0.25) is 0 Å². The van der Waals surface area contributed by atoms with Crippen molar-refractivity contribution in [1.29, 1.82) is 0 Å². The molecular weight excluding hydrogens is 346 g/mol. The Kier molecular flexibility index (Phi) is 8.52. The van der Waals surface area contributed by atoms with Crippen LogP contribution in [-0.2, 0) is 0 Å². The fourth-order valence-electron chi connectivity index (χ4n) is 2.58. The lowest BCUT2D eigenvalue weighted by Gasteiger charge is -2.11. The topological polar surface area (TPSA) is 36.1 Å². The van der Waals surface area contributed by atoms with Crippen molar-refractivity contribution in [3.05, 3.63) is 47.5 Å². The molecule has 0 amide bonds. The molecule has 5 heteroatoms. The van der Waals surface area contributed by atoms with Gasteiger partial charge in [-0.1, -0.05) is 12.1 Å². The van der Waals surface area contributed by atoms with Crippen LogP contribution in [-0.4, -0.2) is 26.2 Å². The number of hydrogen-bond donors (Lipinski definition) is 5. The molecule has 25 heavy (non-hydrogen) atoms. The van der Waals surface area contributed by atoms with Crippen molar-refractivity contribution in [2.75, 3.05) is 36.8 Å². The predicted molar refractivity (Wildman–Crippen MR) is 116 cm³/mol. The Bertz CT molecular complexity index is 616. The Balaban J connectivity index is 1.51. The highest BCUT2D eigenvalue weighted by atomic mass is 32.1. The first-order chi connectivity index (χ1) is 12.1. The number of nitrogens with one attached hydrogen (secondary N) is 3. The zero-order valence-corrected chi connectivity index (χ0v) is 16.9. The van der Waals surface area contributed by atoms with Crippen LogP contribution in [0.5, 0.6) is 0 Å². The van der Waals surface area contributed by atoms with Crippen molar-refractivity contribution in [2.24, 2.45) is 0 Å². The van der Waals surface area contributed by atoms with Gasteiger partial charge in [-0.3, -0.25) is 0 Å². The van der Waals surface area contributed by atoms with Gasteiger partial charge < -0.3 is 16.0 Å². The van der Waals surface area contributed by atoms with Gasteiger partial charge in [0.15, 0.2) is 0 Å². The number of aryl methyl sites for hydroxylation is 2. The zero-order chi connectivity index (χ0) is 18.1. The molecule has 0 saturated carbocycles. The van der Waals surface area contributed by atoms with E-state index in [4.69, 9.17) is 0 Å². The largest absolute Gasteiger partial charge is 0.384 e. The molecule has 0 saturated heterocycles. The van der Waals surface area contributed by atoms with Crippen molar-refractivity contribution >= 4 is 36.6 Å². The molecule has 0 spiro atoms. The average molecular weight is 376 g/mol. The smallest absolute Gasteiger partial charge is 0.0475 e. The van der Waals surface area contributed by atoms with Crippen LogP contribution < -0.4 is 16.0 Å². The number of rotatable bonds is 10. The third kappa shape index (κ3) is 7.22. The molecule has 0 bridgehead atoms. The normalized spacial score (nSPS) is 10.7. The van der Waals surface area contributed by atoms with Gasteiger partial charge in [0.05, 0.1) is 0 Å². The maximum Gasteiger partial charge on any atom is 0.0475 e. The lowest BCUT2D eigenvalue weighted by Crippen LogP contribution is -2.21. The molecule has 0 atom stereocenters. The van der Waals surface area contributed by atoms with Gasteiger partial charge in [0.2, 0.25) is 0 Å². The lowest BCUT2D eigenvalue weighted by atomic mass is 10.2. The van der Waals surface area contributed by atoms with E-state index in [1.54, 1.807) is 0 Å².